The van der Waals surface area contributed by atoms with E-state index in [2.05, 4.69) is 4.98 Å². The number of fused-ring (bicyclic) bond motifs is 1. The lowest BCUT2D eigenvalue weighted by Crippen LogP contribution is -2.39. The summed E-state index contributed by atoms with van der Waals surface area (Å²) >= 11 is 0. The van der Waals surface area contributed by atoms with Gasteiger partial charge in [0.1, 0.15) is 5.75 Å². The molecule has 0 spiro atoms. The van der Waals surface area contributed by atoms with Gasteiger partial charge in [-0.3, -0.25) is 14.6 Å². The molecule has 1 aromatic heterocycles. The number of amides is 2. The van der Waals surface area contributed by atoms with Crippen molar-refractivity contribution in [1.29, 1.82) is 0 Å². The topological polar surface area (TPSA) is 111 Å². The molecule has 1 fully saturated rings. The number of hydrogen-bond acceptors (Lipinski definition) is 6. The predicted molar refractivity (Wildman–Crippen MR) is 164 cm³/mol. The van der Waals surface area contributed by atoms with E-state index in [1.54, 1.807) is 43.5 Å². The molecule has 2 amide bonds. The number of halogens is 6. The Morgan fingerprint density at radius 1 is 0.979 bits per heavy atom. The second-order valence-electron chi connectivity index (χ2n) is 11.8. The molecule has 0 bridgehead atoms. The highest BCUT2D eigenvalue weighted by atomic mass is 19.4. The van der Waals surface area contributed by atoms with Gasteiger partial charge in [0.25, 0.3) is 0 Å². The number of benzene rings is 2. The first-order valence-electron chi connectivity index (χ1n) is 15.2. The molecule has 1 aliphatic carbocycles. The molecule has 2 heterocycles. The molecule has 2 aromatic carbocycles. The summed E-state index contributed by atoms with van der Waals surface area (Å²) in [7, 11) is 0. The zero-order valence-corrected chi connectivity index (χ0v) is 25.6. The van der Waals surface area contributed by atoms with Crippen molar-refractivity contribution in [3.63, 3.8) is 0 Å². The van der Waals surface area contributed by atoms with Crippen LogP contribution < -0.4 is 4.90 Å². The third-order valence-corrected chi connectivity index (χ3v) is 8.91. The number of carbonyl (C=O) groups is 2. The second-order valence-corrected chi connectivity index (χ2v) is 11.8. The number of phenols is 1. The van der Waals surface area contributed by atoms with Crippen LogP contribution in [0, 0.1) is 17.8 Å². The average molecular weight is 675 g/mol. The molecule has 0 unspecified atom stereocenters. The van der Waals surface area contributed by atoms with Gasteiger partial charge in [-0.1, -0.05) is 30.7 Å². The van der Waals surface area contributed by atoms with Gasteiger partial charge in [-0.15, -0.1) is 0 Å². The van der Waals surface area contributed by atoms with Gasteiger partial charge in [0.05, 0.1) is 47.1 Å². The van der Waals surface area contributed by atoms with E-state index in [0.717, 1.165) is 11.1 Å². The molecule has 7 nitrogen and oxygen atoms in total. The van der Waals surface area contributed by atoms with Crippen molar-refractivity contribution < 1.29 is 51.3 Å². The van der Waals surface area contributed by atoms with Gasteiger partial charge < -0.3 is 15.3 Å². The number of alkyl halides is 6. The van der Waals surface area contributed by atoms with Gasteiger partial charge in [0.15, 0.2) is 0 Å². The highest BCUT2D eigenvalue weighted by Crippen LogP contribution is 2.49. The van der Waals surface area contributed by atoms with Gasteiger partial charge in [-0.25, -0.2) is 4.90 Å². The maximum atomic E-state index is 13.8. The minimum absolute atomic E-state index is 0.0628. The summed E-state index contributed by atoms with van der Waals surface area (Å²) in [6.07, 6.45) is -7.54. The number of aliphatic hydroxyl groups is 2. The fraction of sp³-hybridized carbons (Fsp3) is 0.343. The molecular weight excluding hydrogens is 642 g/mol. The number of aromatic nitrogens is 1. The van der Waals surface area contributed by atoms with Crippen LogP contribution >= 0.6 is 0 Å². The molecule has 3 aromatic rings. The molecule has 3 N–H and O–H groups in total. The molecule has 2 aliphatic rings. The Balaban J connectivity index is 1.46. The normalized spacial score (nSPS) is 21.1. The van der Waals surface area contributed by atoms with Crippen molar-refractivity contribution in [2.45, 2.75) is 51.1 Å². The number of rotatable bonds is 9. The quantitative estimate of drug-likeness (QED) is 0.128. The molecule has 5 rings (SSSR count). The summed E-state index contributed by atoms with van der Waals surface area (Å²) in [5, 5.41) is 31.8. The molecular formula is C35H32F6N2O5. The Morgan fingerprint density at radius 2 is 1.62 bits per heavy atom. The summed E-state index contributed by atoms with van der Waals surface area (Å²) in [6.45, 7) is 1.05. The number of anilines is 1. The highest BCUT2D eigenvalue weighted by Gasteiger charge is 2.55. The molecule has 0 saturated carbocycles. The molecule has 0 radical (unpaired) electrons. The number of hydrogen-bond donors (Lipinski definition) is 3. The molecule has 1 saturated heterocycles. The van der Waals surface area contributed by atoms with Crippen molar-refractivity contribution in [3.05, 3.63) is 100 Å². The van der Waals surface area contributed by atoms with Crippen molar-refractivity contribution in [3.8, 4) is 5.75 Å². The van der Waals surface area contributed by atoms with Crippen molar-refractivity contribution in [1.82, 2.24) is 4.98 Å². The number of pyridine rings is 1. The van der Waals surface area contributed by atoms with E-state index in [9.17, 15) is 51.3 Å². The summed E-state index contributed by atoms with van der Waals surface area (Å²) < 4.78 is 81.6. The zero-order valence-electron chi connectivity index (χ0n) is 25.6. The van der Waals surface area contributed by atoms with Crippen molar-refractivity contribution in [2.24, 2.45) is 17.8 Å². The lowest BCUT2D eigenvalue weighted by atomic mass is 9.67. The van der Waals surface area contributed by atoms with Crippen LogP contribution in [0.15, 0.2) is 78.0 Å². The zero-order chi connectivity index (χ0) is 35.0. The van der Waals surface area contributed by atoms with E-state index in [4.69, 9.17) is 0 Å². The Labute approximate surface area is 271 Å². The third kappa shape index (κ3) is 7.02. The maximum Gasteiger partial charge on any atom is 0.416 e. The maximum absolute atomic E-state index is 13.8. The van der Waals surface area contributed by atoms with Gasteiger partial charge in [0.2, 0.25) is 11.8 Å². The average Bonchev–Trinajstić information content (AvgIpc) is 3.30. The van der Waals surface area contributed by atoms with E-state index in [-0.39, 0.29) is 31.1 Å². The minimum Gasteiger partial charge on any atom is -0.508 e. The van der Waals surface area contributed by atoms with Crippen LogP contribution in [0.2, 0.25) is 0 Å². The summed E-state index contributed by atoms with van der Waals surface area (Å²) in [5.41, 5.74) is -1.20. The molecule has 13 heteroatoms. The van der Waals surface area contributed by atoms with Crippen LogP contribution in [0.1, 0.15) is 55.0 Å². The van der Waals surface area contributed by atoms with Gasteiger partial charge in [0, 0.05) is 12.1 Å². The van der Waals surface area contributed by atoms with E-state index in [1.807, 2.05) is 6.08 Å². The van der Waals surface area contributed by atoms with Crippen molar-refractivity contribution >= 4 is 29.2 Å². The minimum atomic E-state index is -5.19. The fourth-order valence-electron chi connectivity index (χ4n) is 6.67. The molecule has 254 valence electrons. The van der Waals surface area contributed by atoms with E-state index in [1.165, 1.54) is 12.1 Å². The van der Waals surface area contributed by atoms with Gasteiger partial charge in [-0.2, -0.15) is 26.3 Å². The number of phenolic OH excluding ortho intramolecular Hbond substituents is 1. The van der Waals surface area contributed by atoms with Crippen LogP contribution in [0.25, 0.3) is 11.6 Å². The molecule has 48 heavy (non-hydrogen) atoms. The summed E-state index contributed by atoms with van der Waals surface area (Å²) in [5.74, 6) is -5.50. The smallest absolute Gasteiger partial charge is 0.416 e. The number of carbonyl (C=O) groups excluding carboxylic acids is 2. The van der Waals surface area contributed by atoms with Gasteiger partial charge in [-0.05, 0) is 90.9 Å². The summed E-state index contributed by atoms with van der Waals surface area (Å²) in [4.78, 5) is 32.1. The Hall–Kier alpha value is -4.49. The van der Waals surface area contributed by atoms with E-state index < -0.39 is 71.4 Å². The first kappa shape index (κ1) is 34.8. The lowest BCUT2D eigenvalue weighted by Gasteiger charge is -2.36. The Morgan fingerprint density at radius 3 is 2.17 bits per heavy atom. The monoisotopic (exact) mass is 674 g/mol. The number of aliphatic hydroxyl groups excluding tert-OH is 2. The second kappa shape index (κ2) is 13.6. The Bertz CT molecular complexity index is 1700. The largest absolute Gasteiger partial charge is 0.508 e. The Kier molecular flexibility index (Phi) is 9.84. The standard InChI is InChI=1S/C35H32F6N2O5/c1-2-20-14-26-31(33(48)43(32(26)47)24-16-22(34(36,37)38)15-23(17-24)35(39,40)41)27(18-44)30(20)29(46)11-8-21(28-5-3-4-12-42-28)13-19-6-9-25(45)10-7-19/h3-7,9-10,12-13,15-17,26-27,29,31,44-46H,2,8,11,14,18H2,1H3/b21-13-/t26-,27+,29-,31-/m1/s1. The number of allylic oxidation sites excluding steroid dienone is 2. The van der Waals surface area contributed by atoms with Crippen LogP contribution in [-0.2, 0) is 21.9 Å². The molecule has 1 aliphatic heterocycles. The number of nitrogens with zero attached hydrogens (tertiary/aromatic N) is 2. The first-order chi connectivity index (χ1) is 22.6. The number of imide groups is 1. The van der Waals surface area contributed by atoms with Gasteiger partial charge >= 0.3 is 12.4 Å². The highest BCUT2D eigenvalue weighted by molar-refractivity contribution is 6.22. The third-order valence-electron chi connectivity index (χ3n) is 8.91. The van der Waals surface area contributed by atoms with Crippen LogP contribution in [-0.4, -0.2) is 44.8 Å². The first-order valence-corrected chi connectivity index (χ1v) is 15.2. The number of aromatic hydroxyl groups is 1. The SMILES string of the molecule is CCC1=C([C@H](O)CC/C(=C/c2ccc(O)cc2)c2ccccn2)[C@H](CO)[C@@H]2C(=O)N(c3cc(C(F)(F)F)cc(C(F)(F)F)c3)C(=O)[C@@H]2C1. The molecule has 4 atom stereocenters. The fourth-order valence-corrected chi connectivity index (χ4v) is 6.67. The van der Waals surface area contributed by atoms with Crippen molar-refractivity contribution in [2.75, 3.05) is 11.5 Å². The van der Waals surface area contributed by atoms with Crippen LogP contribution in [0.4, 0.5) is 32.0 Å². The lowest BCUT2D eigenvalue weighted by molar-refractivity contribution is -0.143. The van der Waals surface area contributed by atoms with Crippen LogP contribution in [0.5, 0.6) is 5.75 Å². The summed E-state index contributed by atoms with van der Waals surface area (Å²) in [6, 6.07) is 12.3. The predicted octanol–water partition coefficient (Wildman–Crippen LogP) is 7.03. The van der Waals surface area contributed by atoms with Crippen LogP contribution in [0.3, 0.4) is 0 Å². The van der Waals surface area contributed by atoms with E-state index in [0.29, 0.717) is 40.3 Å². The van der Waals surface area contributed by atoms with E-state index >= 15 is 0 Å².